The smallest absolute Gasteiger partial charge is 0.358 e. The lowest BCUT2D eigenvalue weighted by molar-refractivity contribution is -0.388. The van der Waals surface area contributed by atoms with Crippen molar-refractivity contribution in [3.63, 3.8) is 0 Å². The summed E-state index contributed by atoms with van der Waals surface area (Å²) in [6, 6.07) is 7.33. The van der Waals surface area contributed by atoms with Gasteiger partial charge in [-0.05, 0) is 66.2 Å². The molecular weight excluding hydrogens is 390 g/mol. The fraction of sp³-hybridized carbons (Fsp3) is 0.542. The average molecular weight is 420 g/mol. The van der Waals surface area contributed by atoms with Crippen LogP contribution >= 0.6 is 0 Å². The van der Waals surface area contributed by atoms with Crippen LogP contribution in [0.2, 0.25) is 0 Å². The van der Waals surface area contributed by atoms with Gasteiger partial charge in [-0.25, -0.2) is 4.98 Å². The Morgan fingerprint density at radius 1 is 1.13 bits per heavy atom. The minimum absolute atomic E-state index is 0.0220. The summed E-state index contributed by atoms with van der Waals surface area (Å²) in [5.41, 5.74) is 5.67. The van der Waals surface area contributed by atoms with E-state index < -0.39 is 0 Å². The highest BCUT2D eigenvalue weighted by molar-refractivity contribution is 5.87. The standard InChI is InChI=1S/C24H29N5O2/c1-15-25-23(24(26-15)29(30)31)28-13-12-27-20-11-10-17(16-6-3-2-4-7-16)14-19(20)18-8-5-9-21(28)22(18)27/h10-11,14,16,21H,2-9,12-13H2,1H3,(H,25,26). The molecule has 3 aliphatic rings. The van der Waals surface area contributed by atoms with Crippen molar-refractivity contribution in [3.05, 3.63) is 51.0 Å². The van der Waals surface area contributed by atoms with E-state index in [-0.39, 0.29) is 16.8 Å². The molecule has 3 heterocycles. The molecular formula is C24H29N5O2. The Balaban J connectivity index is 1.45. The second kappa shape index (κ2) is 7.11. The van der Waals surface area contributed by atoms with E-state index in [4.69, 9.17) is 0 Å². The molecule has 1 fully saturated rings. The third-order valence-electron chi connectivity index (χ3n) is 7.71. The fourth-order valence-electron chi connectivity index (χ4n) is 6.36. The molecule has 0 bridgehead atoms. The number of nitrogens with zero attached hydrogens (tertiary/aromatic N) is 4. The van der Waals surface area contributed by atoms with Crippen LogP contribution in [0.3, 0.4) is 0 Å². The largest absolute Gasteiger partial charge is 0.365 e. The first kappa shape index (κ1) is 18.9. The minimum atomic E-state index is -0.334. The Morgan fingerprint density at radius 2 is 1.97 bits per heavy atom. The van der Waals surface area contributed by atoms with E-state index in [0.29, 0.717) is 17.6 Å². The first-order chi connectivity index (χ1) is 15.1. The number of benzene rings is 1. The first-order valence-electron chi connectivity index (χ1n) is 11.7. The number of H-pyrrole nitrogens is 1. The van der Waals surface area contributed by atoms with E-state index in [9.17, 15) is 10.1 Å². The van der Waals surface area contributed by atoms with Crippen molar-refractivity contribution in [2.75, 3.05) is 11.4 Å². The van der Waals surface area contributed by atoms with Crippen LogP contribution in [0.15, 0.2) is 18.2 Å². The number of nitrogens with one attached hydrogen (secondary N) is 1. The summed E-state index contributed by atoms with van der Waals surface area (Å²) >= 11 is 0. The van der Waals surface area contributed by atoms with Gasteiger partial charge in [0.2, 0.25) is 5.82 Å². The van der Waals surface area contributed by atoms with Crippen LogP contribution in [-0.4, -0.2) is 26.0 Å². The first-order valence-corrected chi connectivity index (χ1v) is 11.7. The Bertz CT molecular complexity index is 1170. The van der Waals surface area contributed by atoms with E-state index in [0.717, 1.165) is 32.4 Å². The van der Waals surface area contributed by atoms with E-state index in [2.05, 4.69) is 37.6 Å². The molecule has 6 rings (SSSR count). The lowest BCUT2D eigenvalue weighted by atomic mass is 9.83. The van der Waals surface area contributed by atoms with E-state index in [1.54, 1.807) is 6.92 Å². The van der Waals surface area contributed by atoms with Crippen LogP contribution in [0.25, 0.3) is 10.9 Å². The Hall–Kier alpha value is -2.83. The number of hydrogen-bond donors (Lipinski definition) is 1. The Morgan fingerprint density at radius 3 is 2.77 bits per heavy atom. The van der Waals surface area contributed by atoms with E-state index in [1.165, 1.54) is 59.8 Å². The highest BCUT2D eigenvalue weighted by Crippen LogP contribution is 2.46. The monoisotopic (exact) mass is 419 g/mol. The molecule has 162 valence electrons. The van der Waals surface area contributed by atoms with Crippen LogP contribution in [-0.2, 0) is 13.0 Å². The van der Waals surface area contributed by atoms with E-state index >= 15 is 0 Å². The predicted octanol–water partition coefficient (Wildman–Crippen LogP) is 5.53. The third-order valence-corrected chi connectivity index (χ3v) is 7.71. The minimum Gasteiger partial charge on any atom is -0.358 e. The van der Waals surface area contributed by atoms with Crippen molar-refractivity contribution in [2.45, 2.75) is 76.8 Å². The van der Waals surface area contributed by atoms with Gasteiger partial charge in [0.25, 0.3) is 0 Å². The molecule has 0 spiro atoms. The van der Waals surface area contributed by atoms with Crippen LogP contribution < -0.4 is 4.90 Å². The normalized spacial score (nSPS) is 21.5. The zero-order valence-corrected chi connectivity index (χ0v) is 18.1. The Kier molecular flexibility index (Phi) is 4.33. The van der Waals surface area contributed by atoms with Crippen LogP contribution in [0.4, 0.5) is 11.6 Å². The zero-order chi connectivity index (χ0) is 21.1. The number of hydrogen-bond acceptors (Lipinski definition) is 4. The molecule has 1 unspecified atom stereocenters. The lowest BCUT2D eigenvalue weighted by Gasteiger charge is -2.39. The van der Waals surface area contributed by atoms with Gasteiger partial charge >= 0.3 is 5.82 Å². The molecule has 3 aromatic rings. The number of aryl methyl sites for hydroxylation is 2. The molecule has 1 aromatic carbocycles. The van der Waals surface area contributed by atoms with E-state index in [1.807, 2.05) is 0 Å². The molecule has 7 heteroatoms. The quantitative estimate of drug-likeness (QED) is 0.447. The molecule has 0 amide bonds. The van der Waals surface area contributed by atoms with Gasteiger partial charge in [-0.2, -0.15) is 4.98 Å². The van der Waals surface area contributed by atoms with Gasteiger partial charge in [0, 0.05) is 36.6 Å². The zero-order valence-electron chi connectivity index (χ0n) is 18.1. The van der Waals surface area contributed by atoms with Crippen molar-refractivity contribution in [3.8, 4) is 0 Å². The second-order valence-electron chi connectivity index (χ2n) is 9.48. The number of rotatable bonds is 3. The molecule has 0 saturated heterocycles. The van der Waals surface area contributed by atoms with Crippen LogP contribution in [0.5, 0.6) is 0 Å². The molecule has 1 saturated carbocycles. The summed E-state index contributed by atoms with van der Waals surface area (Å²) in [6.45, 7) is 3.38. The molecule has 2 aliphatic carbocycles. The number of nitro groups is 1. The number of imidazole rings is 1. The summed E-state index contributed by atoms with van der Waals surface area (Å²) in [4.78, 5) is 20.9. The van der Waals surface area contributed by atoms with Crippen molar-refractivity contribution in [2.24, 2.45) is 0 Å². The summed E-state index contributed by atoms with van der Waals surface area (Å²) in [5, 5.41) is 13.0. The third kappa shape index (κ3) is 2.89. The van der Waals surface area contributed by atoms with Gasteiger partial charge < -0.3 is 19.6 Å². The lowest BCUT2D eigenvalue weighted by Crippen LogP contribution is -2.40. The maximum absolute atomic E-state index is 11.6. The number of aromatic amines is 1. The summed E-state index contributed by atoms with van der Waals surface area (Å²) in [7, 11) is 0. The van der Waals surface area contributed by atoms with Crippen LogP contribution in [0, 0.1) is 17.0 Å². The number of fused-ring (bicyclic) bond motifs is 3. The predicted molar refractivity (Wildman–Crippen MR) is 121 cm³/mol. The topological polar surface area (TPSA) is 80.0 Å². The summed E-state index contributed by atoms with van der Waals surface area (Å²) in [5.74, 6) is 1.82. The maximum Gasteiger partial charge on any atom is 0.365 e. The number of aromatic nitrogens is 3. The average Bonchev–Trinajstić information content (AvgIpc) is 3.34. The van der Waals surface area contributed by atoms with Crippen molar-refractivity contribution < 1.29 is 4.92 Å². The Labute approximate surface area is 181 Å². The van der Waals surface area contributed by atoms with Crippen LogP contribution in [0.1, 0.15) is 79.6 Å². The van der Waals surface area contributed by atoms with Gasteiger partial charge in [0.15, 0.2) is 5.82 Å². The molecule has 1 aliphatic heterocycles. The fourth-order valence-corrected chi connectivity index (χ4v) is 6.36. The van der Waals surface area contributed by atoms with Gasteiger partial charge in [-0.15, -0.1) is 0 Å². The summed E-state index contributed by atoms with van der Waals surface area (Å²) in [6.07, 6.45) is 9.92. The highest BCUT2D eigenvalue weighted by atomic mass is 16.6. The van der Waals surface area contributed by atoms with Crippen molar-refractivity contribution >= 4 is 22.5 Å². The van der Waals surface area contributed by atoms with Crippen molar-refractivity contribution in [1.29, 1.82) is 0 Å². The van der Waals surface area contributed by atoms with Gasteiger partial charge in [-0.1, -0.05) is 25.3 Å². The SMILES string of the molecule is Cc1nc(N2CCn3c4c(c5cc(C6CCCCC6)ccc53)CCCC42)c([N+](=O)[O-])[nH]1. The molecule has 7 nitrogen and oxygen atoms in total. The molecule has 0 radical (unpaired) electrons. The van der Waals surface area contributed by atoms with Crippen molar-refractivity contribution in [1.82, 2.24) is 14.5 Å². The summed E-state index contributed by atoms with van der Waals surface area (Å²) < 4.78 is 2.49. The molecule has 31 heavy (non-hydrogen) atoms. The second-order valence-corrected chi connectivity index (χ2v) is 9.48. The maximum atomic E-state index is 11.6. The van der Waals surface area contributed by atoms with Gasteiger partial charge in [-0.3, -0.25) is 0 Å². The molecule has 1 atom stereocenters. The molecule has 1 N–H and O–H groups in total. The highest BCUT2D eigenvalue weighted by Gasteiger charge is 2.38. The molecule has 2 aromatic heterocycles. The van der Waals surface area contributed by atoms with Gasteiger partial charge in [0.1, 0.15) is 0 Å². The number of anilines is 1. The van der Waals surface area contributed by atoms with Gasteiger partial charge in [0.05, 0.1) is 6.04 Å².